The second kappa shape index (κ2) is 9.58. The maximum atomic E-state index is 11.6. The molecular formula is C9H13N2Na2O9P. The number of rotatable bonds is 4. The van der Waals surface area contributed by atoms with E-state index in [0.29, 0.717) is 0 Å². The molecule has 2 fully saturated rings. The normalized spacial score (nSPS) is 31.2. The zero-order valence-corrected chi connectivity index (χ0v) is 17.5. The van der Waals surface area contributed by atoms with Gasteiger partial charge in [0, 0.05) is 13.0 Å². The van der Waals surface area contributed by atoms with Crippen molar-refractivity contribution in [3.63, 3.8) is 0 Å². The molecule has 2 aliphatic heterocycles. The second-order valence-electron chi connectivity index (χ2n) is 4.55. The van der Waals surface area contributed by atoms with E-state index in [9.17, 15) is 29.0 Å². The van der Waals surface area contributed by atoms with Crippen LogP contribution in [-0.2, 0) is 18.6 Å². The number of carbonyl (C=O) groups excluding carboxylic acids is 2. The number of nitrogens with one attached hydrogen (secondary N) is 1. The van der Waals surface area contributed by atoms with Crippen LogP contribution in [0.15, 0.2) is 0 Å². The Morgan fingerprint density at radius 1 is 1.39 bits per heavy atom. The number of hydrogen-bond donors (Lipinski definition) is 3. The standard InChI is InChI=1S/C9H15N2O9P.2Na/c12-3-4-7(20-21(16,17)18)6(14)8(19-4)11-2-1-5(13)10-9(11)15;;/h4,6-8,12,14H,1-3H2,(H,10,13,15)(H2,16,17,18);;/q;2*+1/p-2. The van der Waals surface area contributed by atoms with Crippen LogP contribution in [0.3, 0.4) is 0 Å². The molecule has 0 spiro atoms. The fourth-order valence-electron chi connectivity index (χ4n) is 2.22. The number of nitrogens with zero attached hydrogens (tertiary/aromatic N) is 1. The van der Waals surface area contributed by atoms with Crippen LogP contribution in [0, 0.1) is 0 Å². The molecule has 14 heteroatoms. The average Bonchev–Trinajstić information content (AvgIpc) is 2.65. The number of phosphoric acid groups is 1. The number of aliphatic hydroxyl groups is 2. The molecule has 0 radical (unpaired) electrons. The zero-order valence-electron chi connectivity index (χ0n) is 12.6. The van der Waals surface area contributed by atoms with Gasteiger partial charge in [0.1, 0.15) is 18.3 Å². The first-order valence-corrected chi connectivity index (χ1v) is 7.44. The molecule has 2 heterocycles. The number of aliphatic hydroxyl groups excluding tert-OH is 2. The minimum atomic E-state index is -5.42. The Morgan fingerprint density at radius 3 is 2.48 bits per heavy atom. The first-order chi connectivity index (χ1) is 9.73. The summed E-state index contributed by atoms with van der Waals surface area (Å²) in [5.41, 5.74) is 0. The molecular weight excluding hydrogens is 357 g/mol. The van der Waals surface area contributed by atoms with Crippen molar-refractivity contribution in [3.8, 4) is 0 Å². The van der Waals surface area contributed by atoms with Crippen LogP contribution in [-0.4, -0.2) is 64.7 Å². The molecule has 4 atom stereocenters. The fraction of sp³-hybridized carbons (Fsp3) is 0.778. The van der Waals surface area contributed by atoms with Gasteiger partial charge in [-0.05, 0) is 0 Å². The molecule has 23 heavy (non-hydrogen) atoms. The second-order valence-corrected chi connectivity index (χ2v) is 5.66. The summed E-state index contributed by atoms with van der Waals surface area (Å²) in [5.74, 6) is -0.501. The van der Waals surface area contributed by atoms with Crippen LogP contribution < -0.4 is 74.2 Å². The van der Waals surface area contributed by atoms with Crippen LogP contribution >= 0.6 is 7.82 Å². The third-order valence-electron chi connectivity index (χ3n) is 3.13. The zero-order chi connectivity index (χ0) is 15.8. The molecule has 0 saturated carbocycles. The number of imide groups is 1. The number of phosphoric ester groups is 1. The topological polar surface area (TPSA) is 172 Å². The van der Waals surface area contributed by atoms with Crippen molar-refractivity contribution < 1.29 is 103 Å². The Hall–Kier alpha value is 0.930. The third-order valence-corrected chi connectivity index (χ3v) is 3.64. The minimum Gasteiger partial charge on any atom is -0.790 e. The molecule has 2 rings (SSSR count). The van der Waals surface area contributed by atoms with Gasteiger partial charge in [0.05, 0.1) is 14.4 Å². The van der Waals surface area contributed by atoms with Crippen molar-refractivity contribution in [1.29, 1.82) is 0 Å². The summed E-state index contributed by atoms with van der Waals surface area (Å²) in [6.45, 7) is -0.795. The maximum Gasteiger partial charge on any atom is 1.00 e. The van der Waals surface area contributed by atoms with E-state index in [4.69, 9.17) is 9.84 Å². The summed E-state index contributed by atoms with van der Waals surface area (Å²) in [4.78, 5) is 44.9. The van der Waals surface area contributed by atoms with Crippen LogP contribution in [0.25, 0.3) is 0 Å². The average molecular weight is 370 g/mol. The van der Waals surface area contributed by atoms with Crippen molar-refractivity contribution in [3.05, 3.63) is 0 Å². The van der Waals surface area contributed by atoms with Crippen molar-refractivity contribution in [1.82, 2.24) is 10.2 Å². The summed E-state index contributed by atoms with van der Waals surface area (Å²) in [5, 5.41) is 21.1. The first-order valence-electron chi connectivity index (χ1n) is 5.98. The molecule has 11 nitrogen and oxygen atoms in total. The van der Waals surface area contributed by atoms with Crippen molar-refractivity contribution in [2.24, 2.45) is 0 Å². The number of urea groups is 1. The van der Waals surface area contributed by atoms with Gasteiger partial charge in [-0.2, -0.15) is 0 Å². The van der Waals surface area contributed by atoms with E-state index >= 15 is 0 Å². The van der Waals surface area contributed by atoms with Crippen molar-refractivity contribution in [2.45, 2.75) is 31.0 Å². The van der Waals surface area contributed by atoms with Crippen LogP contribution in [0.5, 0.6) is 0 Å². The molecule has 3 amide bonds. The number of hydrogen-bond acceptors (Lipinski definition) is 9. The van der Waals surface area contributed by atoms with E-state index < -0.39 is 50.9 Å². The van der Waals surface area contributed by atoms with Gasteiger partial charge in [-0.1, -0.05) is 0 Å². The maximum absolute atomic E-state index is 11.6. The fourth-order valence-corrected chi connectivity index (χ4v) is 2.78. The molecule has 0 aromatic heterocycles. The van der Waals surface area contributed by atoms with Gasteiger partial charge >= 0.3 is 65.1 Å². The predicted molar refractivity (Wildman–Crippen MR) is 59.1 cm³/mol. The summed E-state index contributed by atoms with van der Waals surface area (Å²) in [6.07, 6.45) is -5.98. The van der Waals surface area contributed by atoms with Gasteiger partial charge in [0.25, 0.3) is 0 Å². The molecule has 0 bridgehead atoms. The van der Waals surface area contributed by atoms with Crippen molar-refractivity contribution >= 4 is 19.8 Å². The molecule has 0 aliphatic carbocycles. The molecule has 0 aromatic rings. The molecule has 3 N–H and O–H groups in total. The molecule has 2 aliphatic rings. The van der Waals surface area contributed by atoms with E-state index in [1.54, 1.807) is 0 Å². The van der Waals surface area contributed by atoms with Gasteiger partial charge < -0.3 is 33.8 Å². The van der Waals surface area contributed by atoms with E-state index in [0.717, 1.165) is 4.90 Å². The predicted octanol–water partition coefficient (Wildman–Crippen LogP) is -9.77. The van der Waals surface area contributed by atoms with E-state index in [1.807, 2.05) is 5.32 Å². The van der Waals surface area contributed by atoms with Gasteiger partial charge in [0.15, 0.2) is 6.23 Å². The quantitative estimate of drug-likeness (QED) is 0.321. The molecule has 120 valence electrons. The first kappa shape index (κ1) is 23.9. The van der Waals surface area contributed by atoms with Gasteiger partial charge in [-0.25, -0.2) is 4.79 Å². The van der Waals surface area contributed by atoms with Gasteiger partial charge in [-0.3, -0.25) is 15.0 Å². The third kappa shape index (κ3) is 6.00. The Morgan fingerprint density at radius 2 is 2.00 bits per heavy atom. The van der Waals surface area contributed by atoms with Gasteiger partial charge in [0.2, 0.25) is 5.91 Å². The largest absolute Gasteiger partial charge is 1.00 e. The van der Waals surface area contributed by atoms with Crippen LogP contribution in [0.1, 0.15) is 6.42 Å². The summed E-state index contributed by atoms with van der Waals surface area (Å²) >= 11 is 0. The van der Waals surface area contributed by atoms with Crippen LogP contribution in [0.4, 0.5) is 4.79 Å². The number of amides is 3. The Bertz CT molecular complexity index is 490. The van der Waals surface area contributed by atoms with Gasteiger partial charge in [-0.15, -0.1) is 0 Å². The Kier molecular flexibility index (Phi) is 9.97. The number of carbonyl (C=O) groups is 2. The summed E-state index contributed by atoms with van der Waals surface area (Å²) in [6, 6.07) is -0.833. The summed E-state index contributed by atoms with van der Waals surface area (Å²) < 4.78 is 20.0. The molecule has 4 unspecified atom stereocenters. The van der Waals surface area contributed by atoms with E-state index in [1.165, 1.54) is 0 Å². The molecule has 0 aromatic carbocycles. The summed E-state index contributed by atoms with van der Waals surface area (Å²) in [7, 11) is -5.42. The van der Waals surface area contributed by atoms with Crippen LogP contribution in [0.2, 0.25) is 0 Å². The number of ether oxygens (including phenoxy) is 1. The SMILES string of the molecule is O=C1CCN(C2OC(CO)C(OP(=O)([O-])[O-])C2O)C(=O)N1.[Na+].[Na+]. The smallest absolute Gasteiger partial charge is 0.790 e. The van der Waals surface area contributed by atoms with Crippen molar-refractivity contribution in [2.75, 3.05) is 13.2 Å². The monoisotopic (exact) mass is 370 g/mol. The minimum absolute atomic E-state index is 0. The van der Waals surface area contributed by atoms with E-state index in [-0.39, 0.29) is 72.1 Å². The molecule has 2 saturated heterocycles. The Balaban J connectivity index is 0.00000242. The van der Waals surface area contributed by atoms with E-state index in [2.05, 4.69) is 4.52 Å². The Labute approximate surface area is 175 Å².